The van der Waals surface area contributed by atoms with Crippen molar-refractivity contribution in [1.29, 1.82) is 0 Å². The van der Waals surface area contributed by atoms with Gasteiger partial charge in [0.2, 0.25) is 0 Å². The first-order valence-electron chi connectivity index (χ1n) is 9.40. The maximum Gasteiger partial charge on any atom is 0.461 e. The molecule has 0 aliphatic carbocycles. The molecule has 0 unspecified atom stereocenters. The maximum absolute atomic E-state index is 13.3. The molecule has 0 saturated carbocycles. The van der Waals surface area contributed by atoms with E-state index in [0.29, 0.717) is 38.9 Å². The van der Waals surface area contributed by atoms with E-state index in [4.69, 9.17) is 4.74 Å². The van der Waals surface area contributed by atoms with Crippen LogP contribution in [-0.2, 0) is 4.74 Å². The van der Waals surface area contributed by atoms with Gasteiger partial charge in [-0.15, -0.1) is 0 Å². The summed E-state index contributed by atoms with van der Waals surface area (Å²) < 4.78 is 61.5. The van der Waals surface area contributed by atoms with Gasteiger partial charge in [-0.05, 0) is 18.6 Å². The molecule has 28 heavy (non-hydrogen) atoms. The fourth-order valence-electron chi connectivity index (χ4n) is 3.79. The van der Waals surface area contributed by atoms with Gasteiger partial charge in [-0.2, -0.15) is 17.6 Å². The fourth-order valence-corrected chi connectivity index (χ4v) is 3.79. The Morgan fingerprint density at radius 2 is 2.04 bits per heavy atom. The molecule has 0 bridgehead atoms. The highest BCUT2D eigenvalue weighted by Gasteiger charge is 2.45. The van der Waals surface area contributed by atoms with Gasteiger partial charge < -0.3 is 14.4 Å². The summed E-state index contributed by atoms with van der Waals surface area (Å²) >= 11 is 0. The number of carbonyl (C=O) groups excluding carboxylic acids is 1. The summed E-state index contributed by atoms with van der Waals surface area (Å²) in [4.78, 5) is 16.8. The summed E-state index contributed by atoms with van der Waals surface area (Å²) in [6, 6.07) is 5.58. The molecule has 2 saturated heterocycles. The number of rotatable bonds is 6. The Hall–Kier alpha value is -1.87. The number of halogens is 4. The van der Waals surface area contributed by atoms with Gasteiger partial charge in [0.05, 0.1) is 24.8 Å². The number of carbonyl (C=O) groups is 1. The number of nitrogens with zero attached hydrogens (tertiary/aromatic N) is 2. The Kier molecular flexibility index (Phi) is 6.44. The van der Waals surface area contributed by atoms with Crippen molar-refractivity contribution in [1.82, 2.24) is 9.80 Å². The third kappa shape index (κ3) is 4.41. The first kappa shape index (κ1) is 20.9. The van der Waals surface area contributed by atoms with E-state index in [1.807, 2.05) is 0 Å². The van der Waals surface area contributed by atoms with Crippen molar-refractivity contribution in [3.8, 4) is 5.75 Å². The second kappa shape index (κ2) is 8.65. The highest BCUT2D eigenvalue weighted by Crippen LogP contribution is 2.31. The minimum absolute atomic E-state index is 0.0265. The molecule has 0 spiro atoms. The summed E-state index contributed by atoms with van der Waals surface area (Å²) in [5.41, 5.74) is -0.155. The molecule has 156 valence electrons. The Balaban J connectivity index is 1.73. The predicted octanol–water partition coefficient (Wildman–Crippen LogP) is 3.25. The second-order valence-corrected chi connectivity index (χ2v) is 7.08. The van der Waals surface area contributed by atoms with E-state index in [-0.39, 0.29) is 11.6 Å². The SMILES string of the molecule is CCC[C@H]1COC[C@H]2CN(C(=O)c3ccccc3OC(F)(F)C(F)F)CCN12. The minimum Gasteiger partial charge on any atom is -0.427 e. The maximum atomic E-state index is 13.3. The van der Waals surface area contributed by atoms with Crippen LogP contribution in [0.2, 0.25) is 0 Å². The molecule has 5 nitrogen and oxygen atoms in total. The molecule has 3 rings (SSSR count). The summed E-state index contributed by atoms with van der Waals surface area (Å²) in [6.45, 7) is 4.73. The second-order valence-electron chi connectivity index (χ2n) is 7.08. The smallest absolute Gasteiger partial charge is 0.427 e. The zero-order valence-corrected chi connectivity index (χ0v) is 15.6. The Morgan fingerprint density at radius 3 is 2.75 bits per heavy atom. The van der Waals surface area contributed by atoms with E-state index < -0.39 is 24.2 Å². The predicted molar refractivity (Wildman–Crippen MR) is 93.9 cm³/mol. The highest BCUT2D eigenvalue weighted by atomic mass is 19.3. The number of ether oxygens (including phenoxy) is 2. The average molecular weight is 404 g/mol. The van der Waals surface area contributed by atoms with E-state index in [1.54, 1.807) is 4.90 Å². The van der Waals surface area contributed by atoms with Gasteiger partial charge in [0.1, 0.15) is 5.75 Å². The van der Waals surface area contributed by atoms with Crippen LogP contribution in [0.3, 0.4) is 0 Å². The number of para-hydroxylation sites is 1. The normalized spacial score (nSPS) is 23.6. The van der Waals surface area contributed by atoms with Crippen LogP contribution in [-0.4, -0.2) is 73.2 Å². The number of hydrogen-bond donors (Lipinski definition) is 0. The van der Waals surface area contributed by atoms with E-state index in [0.717, 1.165) is 18.9 Å². The Morgan fingerprint density at radius 1 is 1.29 bits per heavy atom. The Labute approximate surface area is 161 Å². The quantitative estimate of drug-likeness (QED) is 0.683. The summed E-state index contributed by atoms with van der Waals surface area (Å²) in [5, 5.41) is 0. The molecule has 0 aromatic heterocycles. The van der Waals surface area contributed by atoms with E-state index in [9.17, 15) is 22.4 Å². The van der Waals surface area contributed by atoms with Crippen LogP contribution < -0.4 is 4.74 Å². The number of morpholine rings is 1. The highest BCUT2D eigenvalue weighted by molar-refractivity contribution is 5.97. The first-order chi connectivity index (χ1) is 13.3. The third-order valence-electron chi connectivity index (χ3n) is 5.14. The van der Waals surface area contributed by atoms with E-state index >= 15 is 0 Å². The molecule has 1 aromatic rings. The van der Waals surface area contributed by atoms with Crippen molar-refractivity contribution in [3.05, 3.63) is 29.8 Å². The lowest BCUT2D eigenvalue weighted by atomic mass is 10.0. The van der Waals surface area contributed by atoms with Gasteiger partial charge in [0, 0.05) is 25.7 Å². The van der Waals surface area contributed by atoms with Crippen LogP contribution >= 0.6 is 0 Å². The molecule has 9 heteroatoms. The largest absolute Gasteiger partial charge is 0.461 e. The fraction of sp³-hybridized carbons (Fsp3) is 0.632. The van der Waals surface area contributed by atoms with Crippen molar-refractivity contribution in [2.24, 2.45) is 0 Å². The van der Waals surface area contributed by atoms with Crippen LogP contribution in [0.15, 0.2) is 24.3 Å². The molecule has 2 atom stereocenters. The average Bonchev–Trinajstić information content (AvgIpc) is 2.67. The van der Waals surface area contributed by atoms with Crippen LogP contribution in [0, 0.1) is 0 Å². The topological polar surface area (TPSA) is 42.0 Å². The van der Waals surface area contributed by atoms with Gasteiger partial charge in [-0.1, -0.05) is 25.5 Å². The Bertz CT molecular complexity index is 687. The molecule has 0 N–H and O–H groups in total. The molecule has 2 fully saturated rings. The molecule has 1 aromatic carbocycles. The lowest BCUT2D eigenvalue weighted by Crippen LogP contribution is -2.62. The van der Waals surface area contributed by atoms with Crippen molar-refractivity contribution < 1.29 is 31.8 Å². The molecule has 2 aliphatic rings. The monoisotopic (exact) mass is 404 g/mol. The number of hydrogen-bond acceptors (Lipinski definition) is 4. The number of piperazine rings is 1. The standard InChI is InChI=1S/C19H24F4N2O3/c1-2-5-13-11-27-12-14-10-24(8-9-25(13)14)17(26)15-6-3-4-7-16(15)28-19(22,23)18(20)21/h3-4,6-7,13-14,18H,2,5,8-12H2,1H3/t13-,14+/m0/s1. The summed E-state index contributed by atoms with van der Waals surface area (Å²) in [5.74, 6) is -1.07. The van der Waals surface area contributed by atoms with Crippen molar-refractivity contribution in [2.45, 2.75) is 44.4 Å². The lowest BCUT2D eigenvalue weighted by molar-refractivity contribution is -0.253. The lowest BCUT2D eigenvalue weighted by Gasteiger charge is -2.48. The number of amides is 1. The van der Waals surface area contributed by atoms with Gasteiger partial charge in [-0.25, -0.2) is 0 Å². The van der Waals surface area contributed by atoms with Crippen LogP contribution in [0.25, 0.3) is 0 Å². The molecular formula is C19H24F4N2O3. The van der Waals surface area contributed by atoms with Crippen LogP contribution in [0.5, 0.6) is 5.75 Å². The third-order valence-corrected chi connectivity index (χ3v) is 5.14. The molecular weight excluding hydrogens is 380 g/mol. The van der Waals surface area contributed by atoms with Gasteiger partial charge in [0.25, 0.3) is 5.91 Å². The number of alkyl halides is 4. The van der Waals surface area contributed by atoms with E-state index in [1.165, 1.54) is 18.2 Å². The van der Waals surface area contributed by atoms with Crippen LogP contribution in [0.1, 0.15) is 30.1 Å². The molecule has 2 aliphatic heterocycles. The summed E-state index contributed by atoms with van der Waals surface area (Å²) in [7, 11) is 0. The molecule has 2 heterocycles. The van der Waals surface area contributed by atoms with Gasteiger partial charge in [-0.3, -0.25) is 9.69 Å². The zero-order valence-electron chi connectivity index (χ0n) is 15.6. The van der Waals surface area contributed by atoms with Crippen molar-refractivity contribution in [3.63, 3.8) is 0 Å². The minimum atomic E-state index is -4.67. The molecule has 1 amide bonds. The number of benzene rings is 1. The zero-order chi connectivity index (χ0) is 20.3. The summed E-state index contributed by atoms with van der Waals surface area (Å²) in [6.07, 6.45) is -6.62. The molecule has 0 radical (unpaired) electrons. The van der Waals surface area contributed by atoms with Crippen molar-refractivity contribution in [2.75, 3.05) is 32.8 Å². The van der Waals surface area contributed by atoms with Crippen molar-refractivity contribution >= 4 is 5.91 Å². The van der Waals surface area contributed by atoms with E-state index in [2.05, 4.69) is 16.6 Å². The first-order valence-corrected chi connectivity index (χ1v) is 9.40. The van der Waals surface area contributed by atoms with Gasteiger partial charge in [0.15, 0.2) is 0 Å². The number of fused-ring (bicyclic) bond motifs is 1. The van der Waals surface area contributed by atoms with Gasteiger partial charge >= 0.3 is 12.5 Å². The van der Waals surface area contributed by atoms with Crippen LogP contribution in [0.4, 0.5) is 17.6 Å².